The van der Waals surface area contributed by atoms with E-state index in [2.05, 4.69) is 5.32 Å². The molecule has 0 unspecified atom stereocenters. The molecule has 0 fully saturated rings. The first-order chi connectivity index (χ1) is 6.47. The largest absolute Gasteiger partial charge is 0.480 e. The minimum absolute atomic E-state index is 0.0344. The SMILES string of the molecule is NC(=O)CC[C@H](NC(=O)CCl)C(=O)O. The summed E-state index contributed by atoms with van der Waals surface area (Å²) in [4.78, 5) is 31.7. The molecule has 0 heterocycles. The normalized spacial score (nSPS) is 11.8. The number of primary amides is 1. The molecule has 0 bridgehead atoms. The first-order valence-corrected chi connectivity index (χ1v) is 4.37. The van der Waals surface area contributed by atoms with Crippen molar-refractivity contribution in [2.24, 2.45) is 5.73 Å². The van der Waals surface area contributed by atoms with Crippen molar-refractivity contribution in [2.75, 3.05) is 5.88 Å². The molecule has 0 rings (SSSR count). The molecule has 0 aliphatic rings. The lowest BCUT2D eigenvalue weighted by Crippen LogP contribution is -2.41. The first-order valence-electron chi connectivity index (χ1n) is 3.83. The molecule has 0 aromatic heterocycles. The Balaban J connectivity index is 4.09. The summed E-state index contributed by atoms with van der Waals surface area (Å²) in [5.41, 5.74) is 4.83. The van der Waals surface area contributed by atoms with Crippen molar-refractivity contribution < 1.29 is 19.5 Å². The Morgan fingerprint density at radius 3 is 2.36 bits per heavy atom. The summed E-state index contributed by atoms with van der Waals surface area (Å²) in [6, 6.07) is -1.12. The molecule has 0 radical (unpaired) electrons. The van der Waals surface area contributed by atoms with E-state index >= 15 is 0 Å². The van der Waals surface area contributed by atoms with Crippen molar-refractivity contribution in [3.63, 3.8) is 0 Å². The smallest absolute Gasteiger partial charge is 0.326 e. The molecule has 0 spiro atoms. The lowest BCUT2D eigenvalue weighted by molar-refractivity contribution is -0.141. The second kappa shape index (κ2) is 6.20. The van der Waals surface area contributed by atoms with Gasteiger partial charge in [-0.1, -0.05) is 0 Å². The molecule has 0 aromatic rings. The third-order valence-corrected chi connectivity index (χ3v) is 1.68. The minimum atomic E-state index is -1.22. The molecule has 4 N–H and O–H groups in total. The number of carboxylic acid groups (broad SMARTS) is 1. The molecule has 0 aliphatic carbocycles. The van der Waals surface area contributed by atoms with Crippen LogP contribution in [0.4, 0.5) is 0 Å². The Hall–Kier alpha value is -1.30. The summed E-state index contributed by atoms with van der Waals surface area (Å²) in [7, 11) is 0. The number of alkyl halides is 1. The van der Waals surface area contributed by atoms with Crippen LogP contribution in [0.25, 0.3) is 0 Å². The van der Waals surface area contributed by atoms with Gasteiger partial charge in [0.25, 0.3) is 0 Å². The van der Waals surface area contributed by atoms with Gasteiger partial charge in [-0.2, -0.15) is 0 Å². The summed E-state index contributed by atoms with van der Waals surface area (Å²) in [5, 5.41) is 10.8. The van der Waals surface area contributed by atoms with Crippen molar-refractivity contribution in [3.8, 4) is 0 Å². The zero-order chi connectivity index (χ0) is 11.1. The van der Waals surface area contributed by atoms with E-state index < -0.39 is 23.8 Å². The summed E-state index contributed by atoms with van der Waals surface area (Å²) in [6.07, 6.45) is -0.132. The number of carbonyl (C=O) groups is 3. The first kappa shape index (κ1) is 12.7. The van der Waals surface area contributed by atoms with Gasteiger partial charge in [-0.25, -0.2) is 4.79 Å². The quantitative estimate of drug-likeness (QED) is 0.504. The maximum absolute atomic E-state index is 10.7. The monoisotopic (exact) mass is 222 g/mol. The predicted molar refractivity (Wildman–Crippen MR) is 48.7 cm³/mol. The molecule has 80 valence electrons. The Kier molecular flexibility index (Phi) is 5.62. The minimum Gasteiger partial charge on any atom is -0.480 e. The summed E-state index contributed by atoms with van der Waals surface area (Å²) in [6.45, 7) is 0. The van der Waals surface area contributed by atoms with Gasteiger partial charge in [-0.05, 0) is 6.42 Å². The average molecular weight is 223 g/mol. The van der Waals surface area contributed by atoms with Crippen molar-refractivity contribution in [2.45, 2.75) is 18.9 Å². The van der Waals surface area contributed by atoms with Crippen LogP contribution in [0.15, 0.2) is 0 Å². The van der Waals surface area contributed by atoms with E-state index in [1.807, 2.05) is 0 Å². The van der Waals surface area contributed by atoms with Crippen LogP contribution in [0.3, 0.4) is 0 Å². The van der Waals surface area contributed by atoms with Crippen LogP contribution in [-0.4, -0.2) is 34.8 Å². The van der Waals surface area contributed by atoms with Gasteiger partial charge >= 0.3 is 5.97 Å². The highest BCUT2D eigenvalue weighted by Crippen LogP contribution is 1.97. The van der Waals surface area contributed by atoms with Crippen LogP contribution < -0.4 is 11.1 Å². The number of carboxylic acids is 1. The number of hydrogen-bond donors (Lipinski definition) is 3. The van der Waals surface area contributed by atoms with Crippen molar-refractivity contribution in [3.05, 3.63) is 0 Å². The standard InChI is InChI=1S/C7H11ClN2O4/c8-3-6(12)10-4(7(13)14)1-2-5(9)11/h4H,1-3H2,(H2,9,11)(H,10,12)(H,13,14)/t4-/m0/s1. The maximum Gasteiger partial charge on any atom is 0.326 e. The van der Waals surface area contributed by atoms with Gasteiger partial charge in [0.05, 0.1) is 0 Å². The van der Waals surface area contributed by atoms with Gasteiger partial charge in [-0.15, -0.1) is 11.6 Å². The van der Waals surface area contributed by atoms with Crippen LogP contribution in [0.1, 0.15) is 12.8 Å². The molecule has 0 saturated heterocycles. The second-order valence-electron chi connectivity index (χ2n) is 2.60. The van der Waals surface area contributed by atoms with Gasteiger partial charge in [0.2, 0.25) is 11.8 Å². The number of nitrogens with one attached hydrogen (secondary N) is 1. The van der Waals surface area contributed by atoms with Crippen LogP contribution in [0.5, 0.6) is 0 Å². The number of aliphatic carboxylic acids is 1. The van der Waals surface area contributed by atoms with Crippen LogP contribution in [-0.2, 0) is 14.4 Å². The third-order valence-electron chi connectivity index (χ3n) is 1.43. The fraction of sp³-hybridized carbons (Fsp3) is 0.571. The van der Waals surface area contributed by atoms with E-state index in [4.69, 9.17) is 22.4 Å². The molecular formula is C7H11ClN2O4. The molecule has 14 heavy (non-hydrogen) atoms. The predicted octanol–water partition coefficient (Wildman–Crippen LogP) is -0.940. The van der Waals surface area contributed by atoms with E-state index in [0.29, 0.717) is 0 Å². The molecule has 0 saturated carbocycles. The van der Waals surface area contributed by atoms with Gasteiger partial charge in [-0.3, -0.25) is 9.59 Å². The highest BCUT2D eigenvalue weighted by molar-refractivity contribution is 6.27. The van der Waals surface area contributed by atoms with Crippen molar-refractivity contribution in [1.82, 2.24) is 5.32 Å². The van der Waals surface area contributed by atoms with Gasteiger partial charge < -0.3 is 16.2 Å². The Bertz CT molecular complexity index is 244. The van der Waals surface area contributed by atoms with Crippen LogP contribution in [0, 0.1) is 0 Å². The number of nitrogens with two attached hydrogens (primary N) is 1. The lowest BCUT2D eigenvalue weighted by atomic mass is 10.1. The van der Waals surface area contributed by atoms with E-state index in [1.165, 1.54) is 0 Å². The second-order valence-corrected chi connectivity index (χ2v) is 2.86. The Morgan fingerprint density at radius 1 is 1.43 bits per heavy atom. The Morgan fingerprint density at radius 2 is 2.00 bits per heavy atom. The fourth-order valence-electron chi connectivity index (χ4n) is 0.777. The summed E-state index contributed by atoms with van der Waals surface area (Å²) >= 11 is 5.17. The highest BCUT2D eigenvalue weighted by Gasteiger charge is 2.19. The molecule has 6 nitrogen and oxygen atoms in total. The van der Waals surface area contributed by atoms with E-state index in [9.17, 15) is 14.4 Å². The number of amides is 2. The number of carbonyl (C=O) groups excluding carboxylic acids is 2. The zero-order valence-electron chi connectivity index (χ0n) is 7.33. The Labute approximate surface area is 85.4 Å². The molecule has 2 amide bonds. The maximum atomic E-state index is 10.7. The van der Waals surface area contributed by atoms with Crippen molar-refractivity contribution in [1.29, 1.82) is 0 Å². The van der Waals surface area contributed by atoms with Crippen LogP contribution >= 0.6 is 11.6 Å². The summed E-state index contributed by atoms with van der Waals surface area (Å²) in [5.74, 6) is -2.75. The number of hydrogen-bond acceptors (Lipinski definition) is 3. The number of rotatable bonds is 6. The molecule has 0 aromatic carbocycles. The van der Waals surface area contributed by atoms with Crippen molar-refractivity contribution >= 4 is 29.4 Å². The topological polar surface area (TPSA) is 109 Å². The van der Waals surface area contributed by atoms with Gasteiger partial charge in [0.1, 0.15) is 11.9 Å². The molecule has 7 heteroatoms. The fourth-order valence-corrected chi connectivity index (χ4v) is 0.854. The molecule has 0 aliphatic heterocycles. The summed E-state index contributed by atoms with van der Waals surface area (Å²) < 4.78 is 0. The zero-order valence-corrected chi connectivity index (χ0v) is 8.08. The average Bonchev–Trinajstić information content (AvgIpc) is 2.10. The van der Waals surface area contributed by atoms with Crippen LogP contribution in [0.2, 0.25) is 0 Å². The van der Waals surface area contributed by atoms with E-state index in [-0.39, 0.29) is 18.7 Å². The molecule has 1 atom stereocenters. The van der Waals surface area contributed by atoms with Gasteiger partial charge in [0.15, 0.2) is 0 Å². The molecular weight excluding hydrogens is 212 g/mol. The van der Waals surface area contributed by atoms with E-state index in [1.54, 1.807) is 0 Å². The lowest BCUT2D eigenvalue weighted by Gasteiger charge is -2.12. The highest BCUT2D eigenvalue weighted by atomic mass is 35.5. The number of halogens is 1. The third kappa shape index (κ3) is 5.36. The van der Waals surface area contributed by atoms with E-state index in [0.717, 1.165) is 0 Å². The van der Waals surface area contributed by atoms with Gasteiger partial charge in [0, 0.05) is 6.42 Å².